The quantitative estimate of drug-likeness (QED) is 0.587. The molecule has 130 valence electrons. The molecule has 1 aromatic carbocycles. The predicted octanol–water partition coefficient (Wildman–Crippen LogP) is 4.54. The third-order valence-corrected chi connectivity index (χ3v) is 5.54. The number of aromatic nitrogens is 1. The molecule has 0 spiro atoms. The van der Waals surface area contributed by atoms with Gasteiger partial charge >= 0.3 is 0 Å². The number of nitrogens with zero attached hydrogens (tertiary/aromatic N) is 2. The Morgan fingerprint density at radius 1 is 1.29 bits per heavy atom. The molecule has 7 heteroatoms. The second kappa shape index (κ2) is 8.70. The first-order chi connectivity index (χ1) is 11.4. The zero-order valence-electron chi connectivity index (χ0n) is 14.3. The molecule has 2 rings (SSSR count). The number of guanidine groups is 1. The first kappa shape index (κ1) is 19.0. The van der Waals surface area contributed by atoms with Crippen LogP contribution in [0.3, 0.4) is 0 Å². The maximum absolute atomic E-state index is 6.09. The van der Waals surface area contributed by atoms with Crippen molar-refractivity contribution in [3.63, 3.8) is 0 Å². The Hall–Kier alpha value is -1.30. The molecule has 1 heterocycles. The summed E-state index contributed by atoms with van der Waals surface area (Å²) < 4.78 is 0. The summed E-state index contributed by atoms with van der Waals surface area (Å²) in [5.41, 5.74) is 2.17. The van der Waals surface area contributed by atoms with Gasteiger partial charge in [-0.1, -0.05) is 29.3 Å². The molecule has 0 bridgehead atoms. The summed E-state index contributed by atoms with van der Waals surface area (Å²) in [5, 5.41) is 8.93. The van der Waals surface area contributed by atoms with E-state index in [1.165, 1.54) is 4.88 Å². The van der Waals surface area contributed by atoms with E-state index in [4.69, 9.17) is 23.2 Å². The molecule has 4 nitrogen and oxygen atoms in total. The highest BCUT2D eigenvalue weighted by Gasteiger charge is 2.10. The summed E-state index contributed by atoms with van der Waals surface area (Å²) in [7, 11) is 1.76. The topological polar surface area (TPSA) is 49.3 Å². The van der Waals surface area contributed by atoms with Crippen molar-refractivity contribution in [1.29, 1.82) is 0 Å². The van der Waals surface area contributed by atoms with Gasteiger partial charge in [-0.25, -0.2) is 4.98 Å². The van der Waals surface area contributed by atoms with Crippen LogP contribution in [0, 0.1) is 13.8 Å². The molecule has 0 fully saturated rings. The highest BCUT2D eigenvalue weighted by Crippen LogP contribution is 2.25. The van der Waals surface area contributed by atoms with Crippen LogP contribution >= 0.6 is 34.5 Å². The highest BCUT2D eigenvalue weighted by molar-refractivity contribution is 7.11. The van der Waals surface area contributed by atoms with Gasteiger partial charge in [-0.2, -0.15) is 0 Å². The van der Waals surface area contributed by atoms with Gasteiger partial charge in [0.2, 0.25) is 0 Å². The molecule has 0 aliphatic rings. The Kier molecular flexibility index (Phi) is 6.90. The van der Waals surface area contributed by atoms with Crippen LogP contribution < -0.4 is 10.6 Å². The molecule has 2 N–H and O–H groups in total. The van der Waals surface area contributed by atoms with E-state index in [1.54, 1.807) is 18.4 Å². The van der Waals surface area contributed by atoms with E-state index in [9.17, 15) is 0 Å². The molecule has 0 radical (unpaired) electrons. The Labute approximate surface area is 157 Å². The number of hydrogen-bond donors (Lipinski definition) is 2. The zero-order valence-corrected chi connectivity index (χ0v) is 16.6. The van der Waals surface area contributed by atoms with Crippen LogP contribution in [0.15, 0.2) is 23.2 Å². The van der Waals surface area contributed by atoms with Crippen LogP contribution in [0.2, 0.25) is 10.0 Å². The Morgan fingerprint density at radius 3 is 2.62 bits per heavy atom. The van der Waals surface area contributed by atoms with Crippen LogP contribution in [-0.4, -0.2) is 24.5 Å². The number of halogens is 2. The third-order valence-electron chi connectivity index (χ3n) is 3.66. The molecule has 0 saturated heterocycles. The largest absolute Gasteiger partial charge is 0.356 e. The number of thiazole rings is 1. The van der Waals surface area contributed by atoms with Crippen LogP contribution in [0.25, 0.3) is 0 Å². The SMILES string of the molecule is CN=C(NCCc1sc(C)nc1C)NC(C)c1ccc(Cl)c(Cl)c1. The average Bonchev–Trinajstić information content (AvgIpc) is 2.86. The van der Waals surface area contributed by atoms with Crippen molar-refractivity contribution in [2.24, 2.45) is 4.99 Å². The minimum atomic E-state index is 0.0679. The van der Waals surface area contributed by atoms with Crippen LogP contribution in [0.1, 0.15) is 34.1 Å². The molecule has 1 unspecified atom stereocenters. The van der Waals surface area contributed by atoms with E-state index in [0.29, 0.717) is 10.0 Å². The fourth-order valence-corrected chi connectivity index (χ4v) is 3.61. The predicted molar refractivity (Wildman–Crippen MR) is 105 cm³/mol. The smallest absolute Gasteiger partial charge is 0.191 e. The van der Waals surface area contributed by atoms with Gasteiger partial charge in [0.25, 0.3) is 0 Å². The second-order valence-corrected chi connectivity index (χ2v) is 7.63. The van der Waals surface area contributed by atoms with Gasteiger partial charge in [0.15, 0.2) is 5.96 Å². The van der Waals surface area contributed by atoms with E-state index in [2.05, 4.69) is 34.5 Å². The molecule has 1 atom stereocenters. The molecule has 24 heavy (non-hydrogen) atoms. The van der Waals surface area contributed by atoms with E-state index >= 15 is 0 Å². The Balaban J connectivity index is 1.89. The fraction of sp³-hybridized carbons (Fsp3) is 0.412. The molecule has 2 aromatic rings. The minimum absolute atomic E-state index is 0.0679. The van der Waals surface area contributed by atoms with Gasteiger partial charge in [0, 0.05) is 24.9 Å². The van der Waals surface area contributed by atoms with Gasteiger partial charge in [0.05, 0.1) is 26.8 Å². The van der Waals surface area contributed by atoms with Crippen molar-refractivity contribution in [3.05, 3.63) is 49.4 Å². The lowest BCUT2D eigenvalue weighted by atomic mass is 10.1. The van der Waals surface area contributed by atoms with E-state index in [1.807, 2.05) is 25.1 Å². The Morgan fingerprint density at radius 2 is 2.04 bits per heavy atom. The lowest BCUT2D eigenvalue weighted by molar-refractivity contribution is 0.685. The van der Waals surface area contributed by atoms with Crippen LogP contribution in [-0.2, 0) is 6.42 Å². The van der Waals surface area contributed by atoms with Crippen LogP contribution in [0.4, 0.5) is 0 Å². The van der Waals surface area contributed by atoms with Gasteiger partial charge < -0.3 is 10.6 Å². The first-order valence-electron chi connectivity index (χ1n) is 7.75. The summed E-state index contributed by atoms with van der Waals surface area (Å²) in [6, 6.07) is 5.71. The summed E-state index contributed by atoms with van der Waals surface area (Å²) >= 11 is 13.8. The third kappa shape index (κ3) is 5.10. The fourth-order valence-electron chi connectivity index (χ4n) is 2.36. The van der Waals surface area contributed by atoms with Gasteiger partial charge in [-0.05, 0) is 38.5 Å². The molecular formula is C17H22Cl2N4S. The van der Waals surface area contributed by atoms with Crippen molar-refractivity contribution in [2.45, 2.75) is 33.2 Å². The number of benzene rings is 1. The highest BCUT2D eigenvalue weighted by atomic mass is 35.5. The molecule has 0 amide bonds. The second-order valence-electron chi connectivity index (χ2n) is 5.53. The first-order valence-corrected chi connectivity index (χ1v) is 9.33. The molecule has 1 aromatic heterocycles. The van der Waals surface area contributed by atoms with Crippen molar-refractivity contribution in [3.8, 4) is 0 Å². The normalized spacial score (nSPS) is 13.0. The lowest BCUT2D eigenvalue weighted by Crippen LogP contribution is -2.39. The zero-order chi connectivity index (χ0) is 17.7. The number of aliphatic imine (C=N–C) groups is 1. The number of rotatable bonds is 5. The maximum atomic E-state index is 6.09. The molecule has 0 aliphatic heterocycles. The maximum Gasteiger partial charge on any atom is 0.191 e. The summed E-state index contributed by atoms with van der Waals surface area (Å²) in [6.07, 6.45) is 0.930. The van der Waals surface area contributed by atoms with Crippen molar-refractivity contribution < 1.29 is 0 Å². The summed E-state index contributed by atoms with van der Waals surface area (Å²) in [4.78, 5) is 10.0. The van der Waals surface area contributed by atoms with Crippen molar-refractivity contribution in [1.82, 2.24) is 15.6 Å². The standard InChI is InChI=1S/C17H22Cl2N4S/c1-10(13-5-6-14(18)15(19)9-13)23-17(20-4)21-8-7-16-11(2)22-12(3)24-16/h5-6,9-10H,7-8H2,1-4H3,(H2,20,21,23). The van der Waals surface area contributed by atoms with Crippen molar-refractivity contribution in [2.75, 3.05) is 13.6 Å². The summed E-state index contributed by atoms with van der Waals surface area (Å²) in [6.45, 7) is 6.95. The van der Waals surface area contributed by atoms with Gasteiger partial charge in [-0.3, -0.25) is 4.99 Å². The summed E-state index contributed by atoms with van der Waals surface area (Å²) in [5.74, 6) is 0.757. The van der Waals surface area contributed by atoms with Gasteiger partial charge in [0.1, 0.15) is 0 Å². The van der Waals surface area contributed by atoms with Gasteiger partial charge in [-0.15, -0.1) is 11.3 Å². The Bertz CT molecular complexity index is 727. The van der Waals surface area contributed by atoms with Crippen LogP contribution in [0.5, 0.6) is 0 Å². The molecular weight excluding hydrogens is 363 g/mol. The van der Waals surface area contributed by atoms with E-state index < -0.39 is 0 Å². The van der Waals surface area contributed by atoms with E-state index in [-0.39, 0.29) is 6.04 Å². The van der Waals surface area contributed by atoms with Crippen molar-refractivity contribution >= 4 is 40.5 Å². The van der Waals surface area contributed by atoms with E-state index in [0.717, 1.165) is 35.2 Å². The number of nitrogens with one attached hydrogen (secondary N) is 2. The average molecular weight is 385 g/mol. The number of aryl methyl sites for hydroxylation is 2. The number of hydrogen-bond acceptors (Lipinski definition) is 3. The minimum Gasteiger partial charge on any atom is -0.356 e. The molecule has 0 aliphatic carbocycles. The lowest BCUT2D eigenvalue weighted by Gasteiger charge is -2.18. The molecule has 0 saturated carbocycles. The monoisotopic (exact) mass is 384 g/mol.